The van der Waals surface area contributed by atoms with Crippen molar-refractivity contribution in [2.75, 3.05) is 24.5 Å². The first-order valence-electron chi connectivity index (χ1n) is 10.1. The number of carbonyl (C=O) groups excluding carboxylic acids is 1. The summed E-state index contributed by atoms with van der Waals surface area (Å²) in [5, 5.41) is 8.99. The molecule has 2 heterocycles. The van der Waals surface area contributed by atoms with Crippen LogP contribution in [0, 0.1) is 11.3 Å². The van der Waals surface area contributed by atoms with Gasteiger partial charge in [0.25, 0.3) is 0 Å². The zero-order valence-electron chi connectivity index (χ0n) is 16.6. The Bertz CT molecular complexity index is 1080. The summed E-state index contributed by atoms with van der Waals surface area (Å²) in [7, 11) is -3.66. The smallest absolute Gasteiger partial charge is 0.240 e. The van der Waals surface area contributed by atoms with Crippen molar-refractivity contribution in [2.24, 2.45) is 0 Å². The minimum atomic E-state index is -3.66. The summed E-state index contributed by atoms with van der Waals surface area (Å²) in [6, 6.07) is 15.9. The van der Waals surface area contributed by atoms with Crippen molar-refractivity contribution < 1.29 is 13.2 Å². The predicted octanol–water partition coefficient (Wildman–Crippen LogP) is 2.24. The molecule has 0 aromatic heterocycles. The van der Waals surface area contributed by atoms with Crippen LogP contribution in [0.3, 0.4) is 0 Å². The van der Waals surface area contributed by atoms with E-state index < -0.39 is 10.0 Å². The Kier molecular flexibility index (Phi) is 5.86. The molecule has 156 valence electrons. The second-order valence-electron chi connectivity index (χ2n) is 7.80. The number of anilines is 1. The number of rotatable bonds is 6. The molecule has 0 unspecified atom stereocenters. The number of nitrogens with one attached hydrogen (secondary N) is 1. The molecule has 30 heavy (non-hydrogen) atoms. The van der Waals surface area contributed by atoms with Crippen molar-refractivity contribution in [1.82, 2.24) is 9.62 Å². The lowest BCUT2D eigenvalue weighted by atomic mass is 10.2. The van der Waals surface area contributed by atoms with E-state index in [1.807, 2.05) is 35.2 Å². The van der Waals surface area contributed by atoms with Crippen LogP contribution in [0.5, 0.6) is 0 Å². The number of amides is 1. The second kappa shape index (κ2) is 8.56. The summed E-state index contributed by atoms with van der Waals surface area (Å²) in [5.74, 6) is 0.178. The maximum atomic E-state index is 12.6. The molecule has 4 rings (SSSR count). The molecular formula is C22H24N4O3S. The highest BCUT2D eigenvalue weighted by Crippen LogP contribution is 2.23. The number of sulfonamides is 1. The molecule has 7 nitrogen and oxygen atoms in total. The first-order chi connectivity index (χ1) is 14.4. The topological polar surface area (TPSA) is 93.5 Å². The van der Waals surface area contributed by atoms with Gasteiger partial charge in [-0.3, -0.25) is 9.69 Å². The van der Waals surface area contributed by atoms with Gasteiger partial charge in [-0.25, -0.2) is 13.1 Å². The van der Waals surface area contributed by atoms with E-state index in [4.69, 9.17) is 5.26 Å². The van der Waals surface area contributed by atoms with Gasteiger partial charge in [0.05, 0.1) is 16.5 Å². The first kappa shape index (κ1) is 20.5. The highest BCUT2D eigenvalue weighted by atomic mass is 32.2. The summed E-state index contributed by atoms with van der Waals surface area (Å²) in [6.45, 7) is 2.95. The molecule has 0 bridgehead atoms. The number of benzene rings is 2. The minimum Gasteiger partial charge on any atom is -0.312 e. The minimum absolute atomic E-state index is 0.118. The van der Waals surface area contributed by atoms with E-state index in [1.165, 1.54) is 12.1 Å². The van der Waals surface area contributed by atoms with Crippen molar-refractivity contribution in [1.29, 1.82) is 5.26 Å². The molecule has 1 amide bonds. The van der Waals surface area contributed by atoms with Crippen molar-refractivity contribution in [3.05, 3.63) is 59.7 Å². The standard InChI is InChI=1S/C22H24N4O3S/c23-14-18-3-1-4-21(13-18)30(28,29)24-19-10-12-25(16-19)15-17-6-8-20(9-7-17)26-11-2-5-22(26)27/h1,3-4,6-9,13,19,24H,2,5,10-12,15-16H2/t19-/m1/s1. The largest absolute Gasteiger partial charge is 0.312 e. The summed E-state index contributed by atoms with van der Waals surface area (Å²) >= 11 is 0. The zero-order valence-corrected chi connectivity index (χ0v) is 17.4. The fourth-order valence-electron chi connectivity index (χ4n) is 4.05. The van der Waals surface area contributed by atoms with Crippen LogP contribution in [-0.4, -0.2) is 44.9 Å². The predicted molar refractivity (Wildman–Crippen MR) is 113 cm³/mol. The van der Waals surface area contributed by atoms with Gasteiger partial charge in [-0.2, -0.15) is 5.26 Å². The highest BCUT2D eigenvalue weighted by molar-refractivity contribution is 7.89. The number of hydrogen-bond acceptors (Lipinski definition) is 5. The van der Waals surface area contributed by atoms with Crippen LogP contribution in [0.2, 0.25) is 0 Å². The summed E-state index contributed by atoms with van der Waals surface area (Å²) < 4.78 is 28.0. The Balaban J connectivity index is 1.34. The second-order valence-corrected chi connectivity index (χ2v) is 9.51. The number of hydrogen-bond donors (Lipinski definition) is 1. The Hall–Kier alpha value is -2.73. The van der Waals surface area contributed by atoms with Gasteiger partial charge in [0, 0.05) is 44.3 Å². The molecule has 0 saturated carbocycles. The fraction of sp³-hybridized carbons (Fsp3) is 0.364. The maximum Gasteiger partial charge on any atom is 0.240 e. The number of nitriles is 1. The van der Waals surface area contributed by atoms with Gasteiger partial charge < -0.3 is 4.90 Å². The van der Waals surface area contributed by atoms with Crippen LogP contribution < -0.4 is 9.62 Å². The number of nitrogens with zero attached hydrogens (tertiary/aromatic N) is 3. The highest BCUT2D eigenvalue weighted by Gasteiger charge is 2.27. The third-order valence-electron chi connectivity index (χ3n) is 5.60. The first-order valence-corrected chi connectivity index (χ1v) is 11.6. The molecule has 2 fully saturated rings. The zero-order chi connectivity index (χ0) is 21.1. The molecule has 0 spiro atoms. The molecule has 1 atom stereocenters. The lowest BCUT2D eigenvalue weighted by Gasteiger charge is -2.19. The molecule has 2 aliphatic heterocycles. The van der Waals surface area contributed by atoms with Crippen LogP contribution in [0.4, 0.5) is 5.69 Å². The molecule has 1 N–H and O–H groups in total. The third kappa shape index (κ3) is 4.54. The van der Waals surface area contributed by atoms with Crippen molar-refractivity contribution in [3.8, 4) is 6.07 Å². The van der Waals surface area contributed by atoms with E-state index in [1.54, 1.807) is 12.1 Å². The van der Waals surface area contributed by atoms with Gasteiger partial charge in [-0.1, -0.05) is 18.2 Å². The van der Waals surface area contributed by atoms with Crippen molar-refractivity contribution >= 4 is 21.6 Å². The fourth-order valence-corrected chi connectivity index (χ4v) is 5.36. The average Bonchev–Trinajstić information content (AvgIpc) is 3.37. The van der Waals surface area contributed by atoms with Gasteiger partial charge in [0.15, 0.2) is 0 Å². The number of likely N-dealkylation sites (tertiary alicyclic amines) is 1. The SMILES string of the molecule is N#Cc1cccc(S(=O)(=O)N[C@@H]2CCN(Cc3ccc(N4CCCC4=O)cc3)C2)c1. The van der Waals surface area contributed by atoms with E-state index in [0.717, 1.165) is 43.7 Å². The monoisotopic (exact) mass is 424 g/mol. The molecule has 8 heteroatoms. The van der Waals surface area contributed by atoms with Gasteiger partial charge in [-0.15, -0.1) is 0 Å². The van der Waals surface area contributed by atoms with E-state index in [9.17, 15) is 13.2 Å². The molecule has 2 aromatic rings. The lowest BCUT2D eigenvalue weighted by molar-refractivity contribution is -0.117. The Labute approximate surface area is 177 Å². The Morgan fingerprint density at radius 1 is 1.13 bits per heavy atom. The van der Waals surface area contributed by atoms with Crippen LogP contribution in [-0.2, 0) is 21.4 Å². The number of carbonyl (C=O) groups is 1. The van der Waals surface area contributed by atoms with Crippen LogP contribution in [0.1, 0.15) is 30.4 Å². The van der Waals surface area contributed by atoms with E-state index in [2.05, 4.69) is 9.62 Å². The molecule has 2 aromatic carbocycles. The summed E-state index contributed by atoms with van der Waals surface area (Å²) in [6.07, 6.45) is 2.26. The van der Waals surface area contributed by atoms with Gasteiger partial charge in [0.1, 0.15) is 0 Å². The molecular weight excluding hydrogens is 400 g/mol. The van der Waals surface area contributed by atoms with E-state index in [-0.39, 0.29) is 16.8 Å². The molecule has 0 radical (unpaired) electrons. The van der Waals surface area contributed by atoms with E-state index in [0.29, 0.717) is 18.5 Å². The van der Waals surface area contributed by atoms with E-state index >= 15 is 0 Å². The van der Waals surface area contributed by atoms with Gasteiger partial charge >= 0.3 is 0 Å². The van der Waals surface area contributed by atoms with Gasteiger partial charge in [-0.05, 0) is 48.7 Å². The molecule has 0 aliphatic carbocycles. The lowest BCUT2D eigenvalue weighted by Crippen LogP contribution is -2.37. The quantitative estimate of drug-likeness (QED) is 0.768. The average molecular weight is 425 g/mol. The normalized spacial score (nSPS) is 19.9. The molecule has 2 aliphatic rings. The molecule has 2 saturated heterocycles. The summed E-state index contributed by atoms with van der Waals surface area (Å²) in [4.78, 5) is 16.0. The Morgan fingerprint density at radius 3 is 2.63 bits per heavy atom. The Morgan fingerprint density at radius 2 is 1.93 bits per heavy atom. The van der Waals surface area contributed by atoms with Crippen LogP contribution in [0.25, 0.3) is 0 Å². The van der Waals surface area contributed by atoms with Crippen molar-refractivity contribution in [3.63, 3.8) is 0 Å². The van der Waals surface area contributed by atoms with Crippen LogP contribution in [0.15, 0.2) is 53.4 Å². The summed E-state index contributed by atoms with van der Waals surface area (Å²) in [5.41, 5.74) is 2.40. The van der Waals surface area contributed by atoms with Crippen molar-refractivity contribution in [2.45, 2.75) is 36.7 Å². The van der Waals surface area contributed by atoms with Crippen LogP contribution >= 0.6 is 0 Å². The third-order valence-corrected chi connectivity index (χ3v) is 7.11. The maximum absolute atomic E-state index is 12.6. The van der Waals surface area contributed by atoms with Gasteiger partial charge in [0.2, 0.25) is 15.9 Å².